The van der Waals surface area contributed by atoms with E-state index in [0.717, 1.165) is 16.5 Å². The van der Waals surface area contributed by atoms with Crippen LogP contribution in [0.5, 0.6) is 0 Å². The van der Waals surface area contributed by atoms with E-state index in [0.29, 0.717) is 5.69 Å². The number of hydrogen-bond donors (Lipinski definition) is 1. The summed E-state index contributed by atoms with van der Waals surface area (Å²) in [5, 5.41) is 1.88. The summed E-state index contributed by atoms with van der Waals surface area (Å²) in [6.45, 7) is 0. The van der Waals surface area contributed by atoms with Crippen LogP contribution in [0.25, 0.3) is 16.5 Å². The Hall–Kier alpha value is -0.0636. The molecule has 2 rings (SSSR count). The van der Waals surface area contributed by atoms with E-state index in [1.54, 1.807) is 6.07 Å². The molecule has 0 aliphatic rings. The number of nitrogens with two attached hydrogens (primary N) is 1. The molecular formula is C10H9KN2. The number of benzene rings is 2. The Kier molecular flexibility index (Phi) is 3.76. The predicted octanol–water partition coefficient (Wildman–Crippen LogP) is 0.110. The molecule has 0 heterocycles. The first-order chi connectivity index (χ1) is 5.79. The maximum Gasteiger partial charge on any atom is 1.00 e. The van der Waals surface area contributed by atoms with Crippen LogP contribution in [0, 0.1) is 0 Å². The van der Waals surface area contributed by atoms with Crippen LogP contribution >= 0.6 is 0 Å². The van der Waals surface area contributed by atoms with Crippen molar-refractivity contribution in [3.63, 3.8) is 0 Å². The second-order valence-electron chi connectivity index (χ2n) is 2.75. The minimum absolute atomic E-state index is 0. The zero-order chi connectivity index (χ0) is 8.55. The zero-order valence-corrected chi connectivity index (χ0v) is 10.7. The second kappa shape index (κ2) is 4.44. The van der Waals surface area contributed by atoms with Crippen LogP contribution in [0.2, 0.25) is 0 Å². The van der Waals surface area contributed by atoms with Gasteiger partial charge in [0.05, 0.1) is 0 Å². The van der Waals surface area contributed by atoms with Crippen molar-refractivity contribution < 1.29 is 51.4 Å². The Balaban J connectivity index is 0.000000845. The molecule has 0 bridgehead atoms. The summed E-state index contributed by atoms with van der Waals surface area (Å²) in [5.74, 6) is 0. The molecule has 0 aliphatic heterocycles. The van der Waals surface area contributed by atoms with Crippen LogP contribution in [0.3, 0.4) is 0 Å². The standard InChI is InChI=1S/C10H9N2.K/c11-9-5-1-3-7-8(9)4-2-6-10(7)12;/h1-6,11H,12H2;/q-1;+1. The molecule has 2 aromatic carbocycles. The molecule has 60 valence electrons. The molecule has 0 atom stereocenters. The van der Waals surface area contributed by atoms with Gasteiger partial charge in [-0.3, -0.25) is 0 Å². The fourth-order valence-electron chi connectivity index (χ4n) is 1.33. The van der Waals surface area contributed by atoms with Gasteiger partial charge < -0.3 is 11.5 Å². The Morgan fingerprint density at radius 2 is 1.54 bits per heavy atom. The van der Waals surface area contributed by atoms with Crippen LogP contribution < -0.4 is 57.1 Å². The fraction of sp³-hybridized carbons (Fsp3) is 0. The second-order valence-corrected chi connectivity index (χ2v) is 2.75. The van der Waals surface area contributed by atoms with E-state index in [4.69, 9.17) is 11.5 Å². The minimum atomic E-state index is 0. The number of anilines is 1. The van der Waals surface area contributed by atoms with E-state index in [1.165, 1.54) is 0 Å². The van der Waals surface area contributed by atoms with E-state index in [-0.39, 0.29) is 51.4 Å². The van der Waals surface area contributed by atoms with Gasteiger partial charge in [0.1, 0.15) is 0 Å². The summed E-state index contributed by atoms with van der Waals surface area (Å²) in [7, 11) is 0. The van der Waals surface area contributed by atoms with E-state index in [1.807, 2.05) is 30.3 Å². The Bertz CT molecular complexity index is 385. The normalized spacial score (nSPS) is 9.54. The van der Waals surface area contributed by atoms with Crippen molar-refractivity contribution in [3.05, 3.63) is 42.1 Å². The molecule has 0 radical (unpaired) electrons. The van der Waals surface area contributed by atoms with Crippen molar-refractivity contribution in [2.24, 2.45) is 0 Å². The molecule has 0 unspecified atom stereocenters. The first-order valence-electron chi connectivity index (χ1n) is 3.78. The van der Waals surface area contributed by atoms with Crippen molar-refractivity contribution in [3.8, 4) is 0 Å². The number of nitrogens with one attached hydrogen (secondary N) is 1. The average Bonchev–Trinajstić information content (AvgIpc) is 2.07. The van der Waals surface area contributed by atoms with Gasteiger partial charge >= 0.3 is 51.4 Å². The van der Waals surface area contributed by atoms with Gasteiger partial charge in [-0.05, 0) is 11.5 Å². The number of fused-ring (bicyclic) bond motifs is 1. The van der Waals surface area contributed by atoms with Gasteiger partial charge in [-0.25, -0.2) is 0 Å². The Labute approximate surface area is 120 Å². The summed E-state index contributed by atoms with van der Waals surface area (Å²) in [5.41, 5.74) is 14.6. The summed E-state index contributed by atoms with van der Waals surface area (Å²) < 4.78 is 0. The molecule has 2 aromatic rings. The minimum Gasteiger partial charge on any atom is -0.698 e. The summed E-state index contributed by atoms with van der Waals surface area (Å²) >= 11 is 0. The largest absolute Gasteiger partial charge is 1.00 e. The monoisotopic (exact) mass is 196 g/mol. The molecule has 3 N–H and O–H groups in total. The van der Waals surface area contributed by atoms with Gasteiger partial charge in [0.15, 0.2) is 0 Å². The molecule has 0 aliphatic carbocycles. The van der Waals surface area contributed by atoms with Crippen molar-refractivity contribution in [2.45, 2.75) is 0 Å². The molecule has 0 saturated carbocycles. The molecule has 13 heavy (non-hydrogen) atoms. The SMILES string of the molecule is [K+].[NH-]c1cccc2c(N)cccc12. The fourth-order valence-corrected chi connectivity index (χ4v) is 1.33. The van der Waals surface area contributed by atoms with E-state index in [2.05, 4.69) is 0 Å². The number of rotatable bonds is 0. The van der Waals surface area contributed by atoms with Crippen molar-refractivity contribution in [1.82, 2.24) is 0 Å². The summed E-state index contributed by atoms with van der Waals surface area (Å²) in [6.07, 6.45) is 0. The molecule has 0 spiro atoms. The topological polar surface area (TPSA) is 49.8 Å². The van der Waals surface area contributed by atoms with Gasteiger partial charge in [-0.15, -0.1) is 5.69 Å². The molecule has 2 nitrogen and oxygen atoms in total. The van der Waals surface area contributed by atoms with Crippen molar-refractivity contribution >= 4 is 22.1 Å². The smallest absolute Gasteiger partial charge is 0.698 e. The third-order valence-corrected chi connectivity index (χ3v) is 1.96. The maximum absolute atomic E-state index is 7.60. The number of hydrogen-bond acceptors (Lipinski definition) is 1. The van der Waals surface area contributed by atoms with Crippen molar-refractivity contribution in [2.75, 3.05) is 5.73 Å². The molecule has 0 aromatic heterocycles. The Morgan fingerprint density at radius 3 is 2.23 bits per heavy atom. The van der Waals surface area contributed by atoms with E-state index >= 15 is 0 Å². The summed E-state index contributed by atoms with van der Waals surface area (Å²) in [6, 6.07) is 11.2. The van der Waals surface area contributed by atoms with Gasteiger partial charge in [0, 0.05) is 11.1 Å². The first kappa shape index (κ1) is 11.0. The van der Waals surface area contributed by atoms with Crippen molar-refractivity contribution in [1.29, 1.82) is 0 Å². The van der Waals surface area contributed by atoms with Crippen LogP contribution in [-0.2, 0) is 0 Å². The Morgan fingerprint density at radius 1 is 0.923 bits per heavy atom. The predicted molar refractivity (Wildman–Crippen MR) is 52.3 cm³/mol. The zero-order valence-electron chi connectivity index (χ0n) is 7.54. The molecule has 0 fully saturated rings. The van der Waals surface area contributed by atoms with Crippen LogP contribution in [0.1, 0.15) is 0 Å². The quantitative estimate of drug-likeness (QED) is 0.472. The van der Waals surface area contributed by atoms with Gasteiger partial charge in [0.25, 0.3) is 0 Å². The molecule has 3 heteroatoms. The van der Waals surface area contributed by atoms with Gasteiger partial charge in [0.2, 0.25) is 0 Å². The van der Waals surface area contributed by atoms with Crippen LogP contribution in [0.4, 0.5) is 11.4 Å². The van der Waals surface area contributed by atoms with Crippen LogP contribution in [-0.4, -0.2) is 0 Å². The number of nitrogen functional groups attached to an aromatic ring is 1. The maximum atomic E-state index is 7.60. The third kappa shape index (κ3) is 2.06. The molecule has 0 amide bonds. The average molecular weight is 196 g/mol. The summed E-state index contributed by atoms with van der Waals surface area (Å²) in [4.78, 5) is 0. The van der Waals surface area contributed by atoms with E-state index < -0.39 is 0 Å². The first-order valence-corrected chi connectivity index (χ1v) is 3.78. The molecule has 0 saturated heterocycles. The van der Waals surface area contributed by atoms with Gasteiger partial charge in [-0.2, -0.15) is 0 Å². The molecular weight excluding hydrogens is 187 g/mol. The van der Waals surface area contributed by atoms with Crippen LogP contribution in [0.15, 0.2) is 36.4 Å². The third-order valence-electron chi connectivity index (χ3n) is 1.96. The van der Waals surface area contributed by atoms with E-state index in [9.17, 15) is 0 Å². The van der Waals surface area contributed by atoms with Gasteiger partial charge in [-0.1, -0.05) is 30.3 Å².